The molecular formula is C26H28N6O2. The summed E-state index contributed by atoms with van der Waals surface area (Å²) in [6.07, 6.45) is 1.69. The summed E-state index contributed by atoms with van der Waals surface area (Å²) in [5.41, 5.74) is 4.48. The highest BCUT2D eigenvalue weighted by Crippen LogP contribution is 2.25. The molecule has 0 radical (unpaired) electrons. The topological polar surface area (TPSA) is 101 Å². The Balaban J connectivity index is 1.52. The molecule has 34 heavy (non-hydrogen) atoms. The standard InChI is InChI=1S/C26H28N6O2/c1-4-32-24-22(16-28-32)21(14-23(31-24)19-8-6-5-7-9-19)25(33)27-15-18-10-12-20(13-11-18)30-26(34)29-17(2)3/h5-14,16-17H,4,15H2,1-3H3,(H,27,33)(H2,29,30,34). The van der Waals surface area contributed by atoms with Crippen LogP contribution in [0.3, 0.4) is 0 Å². The Bertz CT molecular complexity index is 1300. The van der Waals surface area contributed by atoms with Gasteiger partial charge < -0.3 is 16.0 Å². The van der Waals surface area contributed by atoms with Crippen molar-refractivity contribution < 1.29 is 9.59 Å². The summed E-state index contributed by atoms with van der Waals surface area (Å²) >= 11 is 0. The average molecular weight is 457 g/mol. The van der Waals surface area contributed by atoms with Gasteiger partial charge >= 0.3 is 6.03 Å². The second-order valence-electron chi connectivity index (χ2n) is 8.25. The monoisotopic (exact) mass is 456 g/mol. The molecule has 2 aromatic heterocycles. The van der Waals surface area contributed by atoms with E-state index >= 15 is 0 Å². The molecule has 0 aliphatic heterocycles. The maximum Gasteiger partial charge on any atom is 0.319 e. The molecule has 2 heterocycles. The molecule has 0 saturated heterocycles. The summed E-state index contributed by atoms with van der Waals surface area (Å²) in [4.78, 5) is 29.8. The fraction of sp³-hybridized carbons (Fsp3) is 0.231. The van der Waals surface area contributed by atoms with Crippen LogP contribution in [0.5, 0.6) is 0 Å². The largest absolute Gasteiger partial charge is 0.348 e. The van der Waals surface area contributed by atoms with E-state index in [1.807, 2.05) is 81.4 Å². The van der Waals surface area contributed by atoms with E-state index in [9.17, 15) is 9.59 Å². The van der Waals surface area contributed by atoms with E-state index in [4.69, 9.17) is 4.98 Å². The maximum absolute atomic E-state index is 13.2. The van der Waals surface area contributed by atoms with Crippen molar-refractivity contribution in [2.24, 2.45) is 0 Å². The fourth-order valence-corrected chi connectivity index (χ4v) is 3.64. The van der Waals surface area contributed by atoms with Gasteiger partial charge in [-0.15, -0.1) is 0 Å². The Hall–Kier alpha value is -4.20. The molecule has 0 fully saturated rings. The number of anilines is 1. The predicted molar refractivity (Wildman–Crippen MR) is 134 cm³/mol. The van der Waals surface area contributed by atoms with Crippen molar-refractivity contribution in [3.63, 3.8) is 0 Å². The fourth-order valence-electron chi connectivity index (χ4n) is 3.64. The zero-order chi connectivity index (χ0) is 24.1. The smallest absolute Gasteiger partial charge is 0.319 e. The third-order valence-corrected chi connectivity index (χ3v) is 5.31. The number of carbonyl (C=O) groups is 2. The molecule has 3 amide bonds. The normalized spacial score (nSPS) is 10.9. The van der Waals surface area contributed by atoms with Gasteiger partial charge in [0.1, 0.15) is 0 Å². The molecule has 3 N–H and O–H groups in total. The SMILES string of the molecule is CCn1ncc2c(C(=O)NCc3ccc(NC(=O)NC(C)C)cc3)cc(-c3ccccc3)nc21. The van der Waals surface area contributed by atoms with Crippen molar-refractivity contribution in [3.8, 4) is 11.3 Å². The quantitative estimate of drug-likeness (QED) is 0.379. The summed E-state index contributed by atoms with van der Waals surface area (Å²) in [7, 11) is 0. The third-order valence-electron chi connectivity index (χ3n) is 5.31. The first-order chi connectivity index (χ1) is 16.4. The number of benzene rings is 2. The van der Waals surface area contributed by atoms with E-state index in [-0.39, 0.29) is 18.0 Å². The van der Waals surface area contributed by atoms with Crippen LogP contribution in [0, 0.1) is 0 Å². The summed E-state index contributed by atoms with van der Waals surface area (Å²) in [6.45, 7) is 6.80. The molecule has 0 aliphatic rings. The van der Waals surface area contributed by atoms with Crippen LogP contribution in [0.2, 0.25) is 0 Å². The highest BCUT2D eigenvalue weighted by Gasteiger charge is 2.17. The van der Waals surface area contributed by atoms with E-state index in [2.05, 4.69) is 21.0 Å². The summed E-state index contributed by atoms with van der Waals surface area (Å²) < 4.78 is 1.79. The number of aromatic nitrogens is 3. The lowest BCUT2D eigenvalue weighted by Gasteiger charge is -2.11. The van der Waals surface area contributed by atoms with Gasteiger partial charge in [0.25, 0.3) is 5.91 Å². The lowest BCUT2D eigenvalue weighted by molar-refractivity contribution is 0.0952. The van der Waals surface area contributed by atoms with Gasteiger partial charge in [0.05, 0.1) is 22.8 Å². The van der Waals surface area contributed by atoms with Crippen molar-refractivity contribution in [1.29, 1.82) is 0 Å². The van der Waals surface area contributed by atoms with Crippen LogP contribution in [0.4, 0.5) is 10.5 Å². The second kappa shape index (κ2) is 10.2. The van der Waals surface area contributed by atoms with Crippen LogP contribution in [0.1, 0.15) is 36.7 Å². The first kappa shape index (κ1) is 23.0. The summed E-state index contributed by atoms with van der Waals surface area (Å²) in [5.74, 6) is -0.196. The average Bonchev–Trinajstić information content (AvgIpc) is 3.26. The van der Waals surface area contributed by atoms with Gasteiger partial charge in [-0.3, -0.25) is 4.79 Å². The minimum absolute atomic E-state index is 0.0565. The summed E-state index contributed by atoms with van der Waals surface area (Å²) in [5, 5.41) is 13.7. The van der Waals surface area contributed by atoms with E-state index in [1.54, 1.807) is 10.9 Å². The molecule has 174 valence electrons. The third kappa shape index (κ3) is 5.23. The predicted octanol–water partition coefficient (Wildman–Crippen LogP) is 4.58. The number of pyridine rings is 1. The maximum atomic E-state index is 13.2. The highest BCUT2D eigenvalue weighted by atomic mass is 16.2. The van der Waals surface area contributed by atoms with E-state index in [0.717, 1.165) is 22.2 Å². The van der Waals surface area contributed by atoms with Gasteiger partial charge in [0, 0.05) is 30.4 Å². The molecule has 0 saturated carbocycles. The van der Waals surface area contributed by atoms with Crippen molar-refractivity contribution in [2.45, 2.75) is 39.9 Å². The van der Waals surface area contributed by atoms with Crippen molar-refractivity contribution >= 4 is 28.7 Å². The molecule has 0 bridgehead atoms. The first-order valence-corrected chi connectivity index (χ1v) is 11.3. The minimum atomic E-state index is -0.250. The van der Waals surface area contributed by atoms with Crippen molar-refractivity contribution in [1.82, 2.24) is 25.4 Å². The zero-order valence-corrected chi connectivity index (χ0v) is 19.5. The Kier molecular flexibility index (Phi) is 6.87. The molecule has 8 nitrogen and oxygen atoms in total. The molecule has 8 heteroatoms. The van der Waals surface area contributed by atoms with Crippen LogP contribution >= 0.6 is 0 Å². The number of aryl methyl sites for hydroxylation is 1. The molecule has 0 aliphatic carbocycles. The van der Waals surface area contributed by atoms with Crippen molar-refractivity contribution in [3.05, 3.63) is 78.0 Å². The molecule has 4 rings (SSSR count). The Labute approximate surface area is 198 Å². The Morgan fingerprint density at radius 2 is 1.76 bits per heavy atom. The number of amides is 3. The molecular weight excluding hydrogens is 428 g/mol. The number of hydrogen-bond acceptors (Lipinski definition) is 4. The van der Waals surface area contributed by atoms with E-state index in [1.165, 1.54) is 0 Å². The number of hydrogen-bond donors (Lipinski definition) is 3. The Morgan fingerprint density at radius 1 is 1.03 bits per heavy atom. The number of fused-ring (bicyclic) bond motifs is 1. The number of carbonyl (C=O) groups excluding carboxylic acids is 2. The number of nitrogens with zero attached hydrogens (tertiary/aromatic N) is 3. The summed E-state index contributed by atoms with van der Waals surface area (Å²) in [6, 6.07) is 18.8. The number of nitrogens with one attached hydrogen (secondary N) is 3. The first-order valence-electron chi connectivity index (χ1n) is 11.3. The molecule has 4 aromatic rings. The zero-order valence-electron chi connectivity index (χ0n) is 19.5. The highest BCUT2D eigenvalue weighted by molar-refractivity contribution is 6.06. The van der Waals surface area contributed by atoms with Gasteiger partial charge in [-0.1, -0.05) is 42.5 Å². The lowest BCUT2D eigenvalue weighted by atomic mass is 10.1. The van der Waals surface area contributed by atoms with Gasteiger partial charge in [0.15, 0.2) is 5.65 Å². The van der Waals surface area contributed by atoms with Gasteiger partial charge in [-0.05, 0) is 44.5 Å². The van der Waals surface area contributed by atoms with Crippen LogP contribution < -0.4 is 16.0 Å². The number of urea groups is 1. The molecule has 0 atom stereocenters. The molecule has 2 aromatic carbocycles. The molecule has 0 spiro atoms. The van der Waals surface area contributed by atoms with Crippen molar-refractivity contribution in [2.75, 3.05) is 5.32 Å². The number of rotatable bonds is 7. The van der Waals surface area contributed by atoms with Crippen LogP contribution in [0.15, 0.2) is 66.9 Å². The van der Waals surface area contributed by atoms with Gasteiger partial charge in [-0.2, -0.15) is 5.10 Å². The van der Waals surface area contributed by atoms with Gasteiger partial charge in [0.2, 0.25) is 0 Å². The molecule has 0 unspecified atom stereocenters. The minimum Gasteiger partial charge on any atom is -0.348 e. The van der Waals surface area contributed by atoms with E-state index in [0.29, 0.717) is 30.0 Å². The second-order valence-corrected chi connectivity index (χ2v) is 8.25. The Morgan fingerprint density at radius 3 is 2.44 bits per heavy atom. The van der Waals surface area contributed by atoms with E-state index < -0.39 is 0 Å². The van der Waals surface area contributed by atoms with Crippen LogP contribution in [0.25, 0.3) is 22.3 Å². The van der Waals surface area contributed by atoms with Gasteiger partial charge in [-0.25, -0.2) is 14.5 Å². The lowest BCUT2D eigenvalue weighted by Crippen LogP contribution is -2.34. The van der Waals surface area contributed by atoms with Crippen LogP contribution in [-0.2, 0) is 13.1 Å². The van der Waals surface area contributed by atoms with Crippen LogP contribution in [-0.4, -0.2) is 32.7 Å².